The summed E-state index contributed by atoms with van der Waals surface area (Å²) in [6, 6.07) is 1.69. The zero-order valence-electron chi connectivity index (χ0n) is 7.79. The Morgan fingerprint density at radius 2 is 2.00 bits per heavy atom. The SMILES string of the molecule is CS(=O)(=O)c1ccc(F)c(CNO)c1F. The van der Waals surface area contributed by atoms with E-state index in [1.165, 1.54) is 0 Å². The molecule has 0 fully saturated rings. The zero-order valence-corrected chi connectivity index (χ0v) is 8.61. The molecule has 0 aliphatic rings. The van der Waals surface area contributed by atoms with E-state index >= 15 is 0 Å². The Labute approximate surface area is 85.4 Å². The first-order valence-corrected chi connectivity index (χ1v) is 5.81. The van der Waals surface area contributed by atoms with Gasteiger partial charge in [0.25, 0.3) is 0 Å². The lowest BCUT2D eigenvalue weighted by atomic mass is 10.2. The van der Waals surface area contributed by atoms with Gasteiger partial charge in [-0.05, 0) is 12.1 Å². The van der Waals surface area contributed by atoms with Crippen LogP contribution >= 0.6 is 0 Å². The highest BCUT2D eigenvalue weighted by Crippen LogP contribution is 2.20. The van der Waals surface area contributed by atoms with Gasteiger partial charge in [-0.2, -0.15) is 0 Å². The van der Waals surface area contributed by atoms with Crippen LogP contribution in [0.4, 0.5) is 8.78 Å². The van der Waals surface area contributed by atoms with Crippen LogP contribution in [0, 0.1) is 11.6 Å². The van der Waals surface area contributed by atoms with Crippen LogP contribution in [-0.4, -0.2) is 19.9 Å². The molecule has 0 atom stereocenters. The van der Waals surface area contributed by atoms with Gasteiger partial charge in [0, 0.05) is 11.8 Å². The predicted octanol–water partition coefficient (Wildman–Crippen LogP) is 0.847. The molecule has 0 aliphatic carbocycles. The van der Waals surface area contributed by atoms with Gasteiger partial charge in [0.05, 0.1) is 6.54 Å². The maximum Gasteiger partial charge on any atom is 0.178 e. The van der Waals surface area contributed by atoms with Crippen molar-refractivity contribution in [2.24, 2.45) is 0 Å². The smallest absolute Gasteiger partial charge is 0.178 e. The Hall–Kier alpha value is -1.05. The third-order valence-corrected chi connectivity index (χ3v) is 2.92. The van der Waals surface area contributed by atoms with Crippen LogP contribution in [0.1, 0.15) is 5.56 Å². The van der Waals surface area contributed by atoms with Crippen molar-refractivity contribution >= 4 is 9.84 Å². The molecule has 0 unspecified atom stereocenters. The largest absolute Gasteiger partial charge is 0.316 e. The maximum atomic E-state index is 13.4. The van der Waals surface area contributed by atoms with Gasteiger partial charge in [0.1, 0.15) is 16.5 Å². The summed E-state index contributed by atoms with van der Waals surface area (Å²) in [5.74, 6) is -2.10. The summed E-state index contributed by atoms with van der Waals surface area (Å²) in [6.45, 7) is -0.499. The lowest BCUT2D eigenvalue weighted by molar-refractivity contribution is 0.158. The van der Waals surface area contributed by atoms with Gasteiger partial charge in [0.15, 0.2) is 9.84 Å². The molecule has 0 bridgehead atoms. The van der Waals surface area contributed by atoms with Gasteiger partial charge in [-0.1, -0.05) is 0 Å². The zero-order chi connectivity index (χ0) is 11.6. The number of halogens is 2. The first-order valence-electron chi connectivity index (χ1n) is 3.92. The molecule has 2 N–H and O–H groups in total. The van der Waals surface area contributed by atoms with E-state index in [1.54, 1.807) is 5.48 Å². The molecule has 0 heterocycles. The van der Waals surface area contributed by atoms with Gasteiger partial charge >= 0.3 is 0 Å². The highest BCUT2D eigenvalue weighted by atomic mass is 32.2. The molecule has 0 radical (unpaired) electrons. The molecule has 0 amide bonds. The molecular formula is C8H9F2NO3S. The second kappa shape index (κ2) is 4.21. The third-order valence-electron chi connectivity index (χ3n) is 1.81. The van der Waals surface area contributed by atoms with Crippen molar-refractivity contribution in [1.82, 2.24) is 5.48 Å². The standard InChI is InChI=1S/C8H9F2NO3S/c1-15(13,14)7-3-2-6(9)5(4-11-12)8(7)10/h2-3,11-12H,4H2,1H3. The molecule has 0 spiro atoms. The van der Waals surface area contributed by atoms with Gasteiger partial charge in [-0.15, -0.1) is 0 Å². The van der Waals surface area contributed by atoms with E-state index in [0.717, 1.165) is 18.4 Å². The summed E-state index contributed by atoms with van der Waals surface area (Å²) in [5.41, 5.74) is 1.06. The Morgan fingerprint density at radius 1 is 1.40 bits per heavy atom. The minimum Gasteiger partial charge on any atom is -0.316 e. The Kier molecular flexibility index (Phi) is 3.38. The van der Waals surface area contributed by atoms with Crippen molar-refractivity contribution in [3.63, 3.8) is 0 Å². The lowest BCUT2D eigenvalue weighted by Gasteiger charge is -2.07. The Balaban J connectivity index is 3.42. The fourth-order valence-corrected chi connectivity index (χ4v) is 1.87. The molecule has 0 aliphatic heterocycles. The van der Waals surface area contributed by atoms with Crippen molar-refractivity contribution in [2.75, 3.05) is 6.26 Å². The molecule has 4 nitrogen and oxygen atoms in total. The first kappa shape index (κ1) is 12.0. The van der Waals surface area contributed by atoms with E-state index < -0.39 is 38.5 Å². The van der Waals surface area contributed by atoms with E-state index in [1.807, 2.05) is 0 Å². The summed E-state index contributed by atoms with van der Waals surface area (Å²) in [6.07, 6.45) is 0.819. The number of hydrogen-bond acceptors (Lipinski definition) is 4. The number of sulfone groups is 1. The molecule has 1 aromatic rings. The summed E-state index contributed by atoms with van der Waals surface area (Å²) in [4.78, 5) is -0.589. The number of hydrogen-bond donors (Lipinski definition) is 2. The van der Waals surface area contributed by atoms with Gasteiger partial charge < -0.3 is 5.21 Å². The number of rotatable bonds is 3. The molecule has 0 aromatic heterocycles. The molecular weight excluding hydrogens is 228 g/mol. The van der Waals surface area contributed by atoms with Crippen LogP contribution in [0.3, 0.4) is 0 Å². The van der Waals surface area contributed by atoms with E-state index in [4.69, 9.17) is 5.21 Å². The van der Waals surface area contributed by atoms with E-state index in [-0.39, 0.29) is 0 Å². The lowest BCUT2D eigenvalue weighted by Crippen LogP contribution is -2.13. The molecule has 0 saturated carbocycles. The predicted molar refractivity (Wildman–Crippen MR) is 48.1 cm³/mol. The number of benzene rings is 1. The highest BCUT2D eigenvalue weighted by Gasteiger charge is 2.19. The van der Waals surface area contributed by atoms with Crippen molar-refractivity contribution in [3.05, 3.63) is 29.3 Å². The van der Waals surface area contributed by atoms with Gasteiger partial charge in [0.2, 0.25) is 0 Å². The van der Waals surface area contributed by atoms with Crippen molar-refractivity contribution in [3.8, 4) is 0 Å². The molecule has 15 heavy (non-hydrogen) atoms. The topological polar surface area (TPSA) is 66.4 Å². The molecule has 7 heteroatoms. The average molecular weight is 237 g/mol. The Bertz CT molecular complexity index is 473. The van der Waals surface area contributed by atoms with Crippen molar-refractivity contribution in [1.29, 1.82) is 0 Å². The summed E-state index contributed by atoms with van der Waals surface area (Å²) < 4.78 is 48.6. The third kappa shape index (κ3) is 2.49. The van der Waals surface area contributed by atoms with Crippen LogP contribution in [0.25, 0.3) is 0 Å². The summed E-state index contributed by atoms with van der Waals surface area (Å²) in [7, 11) is -3.74. The van der Waals surface area contributed by atoms with Crippen LogP contribution in [0.15, 0.2) is 17.0 Å². The van der Waals surface area contributed by atoms with Crippen LogP contribution < -0.4 is 5.48 Å². The maximum absolute atomic E-state index is 13.4. The normalized spacial score (nSPS) is 11.7. The van der Waals surface area contributed by atoms with E-state index in [9.17, 15) is 17.2 Å². The van der Waals surface area contributed by atoms with Gasteiger partial charge in [-0.25, -0.2) is 22.7 Å². The summed E-state index contributed by atoms with van der Waals surface area (Å²) >= 11 is 0. The molecule has 84 valence electrons. The average Bonchev–Trinajstić information content (AvgIpc) is 2.09. The van der Waals surface area contributed by atoms with Gasteiger partial charge in [-0.3, -0.25) is 0 Å². The molecule has 1 rings (SSSR count). The highest BCUT2D eigenvalue weighted by molar-refractivity contribution is 7.90. The minimum absolute atomic E-state index is 0.499. The monoisotopic (exact) mass is 237 g/mol. The molecule has 0 saturated heterocycles. The number of nitrogens with one attached hydrogen (secondary N) is 1. The second-order valence-corrected chi connectivity index (χ2v) is 4.93. The minimum atomic E-state index is -3.74. The quantitative estimate of drug-likeness (QED) is 0.604. The van der Waals surface area contributed by atoms with Crippen LogP contribution in [0.5, 0.6) is 0 Å². The summed E-state index contributed by atoms with van der Waals surface area (Å²) in [5, 5.41) is 8.33. The van der Waals surface area contributed by atoms with Crippen molar-refractivity contribution < 1.29 is 22.4 Å². The second-order valence-electron chi connectivity index (χ2n) is 2.95. The fraction of sp³-hybridized carbons (Fsp3) is 0.250. The van der Waals surface area contributed by atoms with Crippen molar-refractivity contribution in [2.45, 2.75) is 11.4 Å². The van der Waals surface area contributed by atoms with E-state index in [2.05, 4.69) is 0 Å². The van der Waals surface area contributed by atoms with Crippen LogP contribution in [0.2, 0.25) is 0 Å². The number of hydroxylamine groups is 1. The molecule has 1 aromatic carbocycles. The first-order chi connectivity index (χ1) is 6.88. The van der Waals surface area contributed by atoms with Crippen LogP contribution in [-0.2, 0) is 16.4 Å². The van der Waals surface area contributed by atoms with E-state index in [0.29, 0.717) is 0 Å². The Morgan fingerprint density at radius 3 is 2.47 bits per heavy atom. The fourth-order valence-electron chi connectivity index (χ4n) is 1.10.